The van der Waals surface area contributed by atoms with E-state index in [-0.39, 0.29) is 22.4 Å². The number of aliphatic hydroxyl groups is 1. The van der Waals surface area contributed by atoms with Crippen molar-refractivity contribution >= 4 is 51.4 Å². The van der Waals surface area contributed by atoms with E-state index in [1.54, 1.807) is 12.1 Å². The van der Waals surface area contributed by atoms with E-state index in [0.29, 0.717) is 15.6 Å². The van der Waals surface area contributed by atoms with Crippen LogP contribution in [0.25, 0.3) is 0 Å². The van der Waals surface area contributed by atoms with Gasteiger partial charge in [0, 0.05) is 16.0 Å². The molecule has 1 amide bonds. The lowest BCUT2D eigenvalue weighted by Gasteiger charge is -2.25. The zero-order valence-corrected chi connectivity index (χ0v) is 15.0. The Bertz CT molecular complexity index is 909. The summed E-state index contributed by atoms with van der Waals surface area (Å²) < 4.78 is 0. The van der Waals surface area contributed by atoms with E-state index in [4.69, 9.17) is 23.2 Å². The van der Waals surface area contributed by atoms with Gasteiger partial charge in [0.25, 0.3) is 5.91 Å². The second kappa shape index (κ2) is 6.09. The summed E-state index contributed by atoms with van der Waals surface area (Å²) in [4.78, 5) is 26.7. The number of nitrogens with zero attached hydrogens (tertiary/aromatic N) is 3. The van der Waals surface area contributed by atoms with Gasteiger partial charge in [0.05, 0.1) is 11.6 Å². The van der Waals surface area contributed by atoms with Crippen molar-refractivity contribution in [3.8, 4) is 0 Å². The minimum absolute atomic E-state index is 0.0620. The summed E-state index contributed by atoms with van der Waals surface area (Å²) in [7, 11) is 0. The summed E-state index contributed by atoms with van der Waals surface area (Å²) in [6.45, 7) is 0. The molecule has 1 fully saturated rings. The summed E-state index contributed by atoms with van der Waals surface area (Å²) in [6, 6.07) is 3.96. The summed E-state index contributed by atoms with van der Waals surface area (Å²) in [5.41, 5.74) is 2.04. The van der Waals surface area contributed by atoms with Gasteiger partial charge in [-0.15, -0.1) is 10.2 Å². The van der Waals surface area contributed by atoms with Gasteiger partial charge in [-0.05, 0) is 30.5 Å². The van der Waals surface area contributed by atoms with Gasteiger partial charge >= 0.3 is 0 Å². The van der Waals surface area contributed by atoms with Gasteiger partial charge in [0.2, 0.25) is 5.13 Å². The number of aromatic nitrogens is 2. The van der Waals surface area contributed by atoms with Crippen molar-refractivity contribution < 1.29 is 14.7 Å². The molecule has 1 aliphatic carbocycles. The number of aliphatic hydroxyl groups excluding tert-OH is 1. The molecule has 25 heavy (non-hydrogen) atoms. The number of carbonyl (C=O) groups excluding carboxylic acids is 2. The van der Waals surface area contributed by atoms with Crippen molar-refractivity contribution in [3.05, 3.63) is 50.7 Å². The molecule has 1 atom stereocenters. The molecular weight excluding hydrogens is 385 g/mol. The van der Waals surface area contributed by atoms with Crippen molar-refractivity contribution in [2.45, 2.75) is 18.9 Å². The second-order valence-electron chi connectivity index (χ2n) is 5.87. The normalized spacial score (nSPS) is 20.5. The van der Waals surface area contributed by atoms with Gasteiger partial charge in [-0.25, -0.2) is 0 Å². The number of hydrogen-bond acceptors (Lipinski definition) is 6. The molecule has 0 bridgehead atoms. The van der Waals surface area contributed by atoms with E-state index in [1.165, 1.54) is 16.5 Å². The minimum Gasteiger partial charge on any atom is -0.503 e. The van der Waals surface area contributed by atoms with Crippen LogP contribution in [0.4, 0.5) is 5.13 Å². The molecule has 128 valence electrons. The topological polar surface area (TPSA) is 83.4 Å². The summed E-state index contributed by atoms with van der Waals surface area (Å²) in [6.07, 6.45) is 1.51. The quantitative estimate of drug-likeness (QED) is 0.852. The molecular formula is C16H11Cl2N3O3S. The van der Waals surface area contributed by atoms with Gasteiger partial charge in [0.1, 0.15) is 5.51 Å². The van der Waals surface area contributed by atoms with Crippen LogP contribution in [0, 0.1) is 5.92 Å². The van der Waals surface area contributed by atoms with Gasteiger partial charge in [0.15, 0.2) is 11.5 Å². The lowest BCUT2D eigenvalue weighted by molar-refractivity contribution is -0.118. The lowest BCUT2D eigenvalue weighted by Crippen LogP contribution is -2.31. The zero-order valence-electron chi connectivity index (χ0n) is 12.6. The smallest absolute Gasteiger partial charge is 0.296 e. The first kappa shape index (κ1) is 16.5. The fourth-order valence-electron chi connectivity index (χ4n) is 2.91. The Labute approximate surface area is 156 Å². The number of Topliss-reactive ketones (excluding diaryl/α,β-unsaturated/α-hetero) is 1. The van der Waals surface area contributed by atoms with Crippen LogP contribution in [-0.2, 0) is 9.59 Å². The molecule has 1 aromatic heterocycles. The Balaban J connectivity index is 1.89. The van der Waals surface area contributed by atoms with Crippen LogP contribution in [0.15, 0.2) is 35.0 Å². The lowest BCUT2D eigenvalue weighted by atomic mass is 9.94. The van der Waals surface area contributed by atoms with Crippen molar-refractivity contribution in [2.24, 2.45) is 5.92 Å². The van der Waals surface area contributed by atoms with Crippen molar-refractivity contribution in [2.75, 3.05) is 4.90 Å². The fourth-order valence-corrected chi connectivity index (χ4v) is 4.01. The van der Waals surface area contributed by atoms with Gasteiger partial charge < -0.3 is 5.11 Å². The first-order valence-electron chi connectivity index (χ1n) is 7.51. The maximum absolute atomic E-state index is 12.7. The molecule has 4 rings (SSSR count). The average molecular weight is 396 g/mol. The number of amides is 1. The van der Waals surface area contributed by atoms with E-state index in [0.717, 1.165) is 24.2 Å². The van der Waals surface area contributed by atoms with Crippen molar-refractivity contribution in [1.29, 1.82) is 0 Å². The highest BCUT2D eigenvalue weighted by molar-refractivity contribution is 7.13. The molecule has 0 saturated heterocycles. The Morgan fingerprint density at radius 2 is 2.08 bits per heavy atom. The SMILES string of the molecule is O=C(C1=C(O)C(=O)N(c2nncs2)C1c1ccc(Cl)cc1Cl)C1CC1. The standard InChI is InChI=1S/C16H11Cl2N3O3S/c17-8-3-4-9(10(18)5-8)12-11(13(22)7-1-2-7)14(23)15(24)21(12)16-20-19-6-25-16/h3-7,12,23H,1-2H2. The molecule has 2 aliphatic rings. The molecule has 0 radical (unpaired) electrons. The maximum atomic E-state index is 12.7. The largest absolute Gasteiger partial charge is 0.503 e. The van der Waals surface area contributed by atoms with Crippen LogP contribution in [0.5, 0.6) is 0 Å². The number of halogens is 2. The monoisotopic (exact) mass is 395 g/mol. The van der Waals surface area contributed by atoms with Crippen molar-refractivity contribution in [1.82, 2.24) is 10.2 Å². The minimum atomic E-state index is -0.849. The number of benzene rings is 1. The number of carbonyl (C=O) groups is 2. The Morgan fingerprint density at radius 3 is 2.68 bits per heavy atom. The first-order valence-corrected chi connectivity index (χ1v) is 9.14. The van der Waals surface area contributed by atoms with E-state index >= 15 is 0 Å². The first-order chi connectivity index (χ1) is 12.0. The third kappa shape index (κ3) is 2.72. The highest BCUT2D eigenvalue weighted by Gasteiger charge is 2.49. The van der Waals surface area contributed by atoms with Gasteiger partial charge in [-0.2, -0.15) is 0 Å². The third-order valence-corrected chi connectivity index (χ3v) is 5.48. The van der Waals surface area contributed by atoms with Crippen LogP contribution in [0.3, 0.4) is 0 Å². The van der Waals surface area contributed by atoms with E-state index < -0.39 is 17.7 Å². The Morgan fingerprint density at radius 1 is 1.32 bits per heavy atom. The molecule has 1 aromatic carbocycles. The Kier molecular flexibility index (Phi) is 4.02. The van der Waals surface area contributed by atoms with Crippen LogP contribution in [0.1, 0.15) is 24.4 Å². The van der Waals surface area contributed by atoms with E-state index in [2.05, 4.69) is 10.2 Å². The van der Waals surface area contributed by atoms with Gasteiger partial charge in [-0.1, -0.05) is 40.6 Å². The van der Waals surface area contributed by atoms with Crippen LogP contribution >= 0.6 is 34.5 Å². The molecule has 6 nitrogen and oxygen atoms in total. The highest BCUT2D eigenvalue weighted by Crippen LogP contribution is 2.47. The summed E-state index contributed by atoms with van der Waals surface area (Å²) in [5.74, 6) is -1.62. The molecule has 1 unspecified atom stereocenters. The number of hydrogen-bond donors (Lipinski definition) is 1. The average Bonchev–Trinajstić information content (AvgIpc) is 3.23. The van der Waals surface area contributed by atoms with E-state index in [9.17, 15) is 14.7 Å². The Hall–Kier alpha value is -1.96. The third-order valence-electron chi connectivity index (χ3n) is 4.23. The van der Waals surface area contributed by atoms with E-state index in [1.807, 2.05) is 0 Å². The van der Waals surface area contributed by atoms with Gasteiger partial charge in [-0.3, -0.25) is 14.5 Å². The van der Waals surface area contributed by atoms with Crippen LogP contribution < -0.4 is 4.90 Å². The number of ketones is 1. The highest BCUT2D eigenvalue weighted by atomic mass is 35.5. The molecule has 2 heterocycles. The maximum Gasteiger partial charge on any atom is 0.296 e. The van der Waals surface area contributed by atoms with Crippen molar-refractivity contribution in [3.63, 3.8) is 0 Å². The molecule has 1 saturated carbocycles. The molecule has 1 aliphatic heterocycles. The molecule has 9 heteroatoms. The fraction of sp³-hybridized carbons (Fsp3) is 0.250. The second-order valence-corrected chi connectivity index (χ2v) is 7.52. The predicted molar refractivity (Wildman–Crippen MR) is 94.0 cm³/mol. The predicted octanol–water partition coefficient (Wildman–Crippen LogP) is 3.72. The summed E-state index contributed by atoms with van der Waals surface area (Å²) in [5, 5.41) is 19.1. The molecule has 0 spiro atoms. The molecule has 1 N–H and O–H groups in total. The number of anilines is 1. The summed E-state index contributed by atoms with van der Waals surface area (Å²) >= 11 is 13.4. The van der Waals surface area contributed by atoms with Crippen LogP contribution in [0.2, 0.25) is 10.0 Å². The van der Waals surface area contributed by atoms with Crippen LogP contribution in [-0.4, -0.2) is 27.0 Å². The molecule has 2 aromatic rings. The number of rotatable bonds is 4. The zero-order chi connectivity index (χ0) is 17.7.